The van der Waals surface area contributed by atoms with E-state index in [4.69, 9.17) is 5.26 Å². The van der Waals surface area contributed by atoms with E-state index in [0.717, 1.165) is 36.0 Å². The Morgan fingerprint density at radius 1 is 1.46 bits per heavy atom. The van der Waals surface area contributed by atoms with Crippen LogP contribution >= 0.6 is 0 Å². The number of amides is 1. The summed E-state index contributed by atoms with van der Waals surface area (Å²) in [6.07, 6.45) is 4.86. The SMILES string of the molecule is Cc1[nH]c2ccc(C#N)cc2c1CCNC(=O)CC[C@H]1CCCN(C)C1. The molecule has 2 N–H and O–H groups in total. The normalized spacial score (nSPS) is 18.0. The van der Waals surface area contributed by atoms with Crippen molar-refractivity contribution in [3.05, 3.63) is 35.0 Å². The van der Waals surface area contributed by atoms with E-state index in [9.17, 15) is 4.79 Å². The van der Waals surface area contributed by atoms with Crippen LogP contribution in [0.25, 0.3) is 10.9 Å². The summed E-state index contributed by atoms with van der Waals surface area (Å²) in [7, 11) is 2.16. The van der Waals surface area contributed by atoms with Crippen molar-refractivity contribution >= 4 is 16.8 Å². The molecule has 1 aliphatic heterocycles. The lowest BCUT2D eigenvalue weighted by Gasteiger charge is -2.29. The molecule has 2 heterocycles. The summed E-state index contributed by atoms with van der Waals surface area (Å²) < 4.78 is 0. The number of nitrogens with one attached hydrogen (secondary N) is 2. The van der Waals surface area contributed by atoms with Gasteiger partial charge in [-0.3, -0.25) is 4.79 Å². The molecule has 0 saturated carbocycles. The highest BCUT2D eigenvalue weighted by Crippen LogP contribution is 2.24. The molecule has 2 aromatic rings. The van der Waals surface area contributed by atoms with Gasteiger partial charge in [-0.2, -0.15) is 5.26 Å². The lowest BCUT2D eigenvalue weighted by molar-refractivity contribution is -0.121. The second-order valence-electron chi connectivity index (χ2n) is 7.51. The van der Waals surface area contributed by atoms with Crippen molar-refractivity contribution < 1.29 is 4.79 Å². The molecular weight excluding hydrogens is 324 g/mol. The topological polar surface area (TPSA) is 71.9 Å². The maximum Gasteiger partial charge on any atom is 0.220 e. The van der Waals surface area contributed by atoms with Crippen molar-refractivity contribution in [3.63, 3.8) is 0 Å². The molecule has 0 unspecified atom stereocenters. The standard InChI is InChI=1S/C21H28N4O/c1-15-18(19-12-17(13-22)5-7-20(19)24-15)9-10-23-21(26)8-6-16-4-3-11-25(2)14-16/h5,7,12,16,24H,3-4,6,8-11,14H2,1-2H3,(H,23,26)/t16-/m1/s1. The number of rotatable bonds is 6. The third-order valence-electron chi connectivity index (χ3n) is 5.45. The Balaban J connectivity index is 1.50. The number of H-pyrrole nitrogens is 1. The molecule has 0 spiro atoms. The molecule has 1 fully saturated rings. The second kappa shape index (κ2) is 8.37. The minimum absolute atomic E-state index is 0.147. The predicted octanol–water partition coefficient (Wildman–Crippen LogP) is 3.13. The number of likely N-dealkylation sites (tertiary alicyclic amines) is 1. The van der Waals surface area contributed by atoms with E-state index in [-0.39, 0.29) is 5.91 Å². The van der Waals surface area contributed by atoms with E-state index < -0.39 is 0 Å². The van der Waals surface area contributed by atoms with Crippen molar-refractivity contribution in [3.8, 4) is 6.07 Å². The van der Waals surface area contributed by atoms with Crippen LogP contribution < -0.4 is 5.32 Å². The van der Waals surface area contributed by atoms with Crippen LogP contribution in [0.15, 0.2) is 18.2 Å². The molecule has 1 aromatic carbocycles. The van der Waals surface area contributed by atoms with Gasteiger partial charge in [0.1, 0.15) is 0 Å². The second-order valence-corrected chi connectivity index (χ2v) is 7.51. The van der Waals surface area contributed by atoms with E-state index >= 15 is 0 Å². The van der Waals surface area contributed by atoms with E-state index in [0.29, 0.717) is 24.4 Å². The average molecular weight is 352 g/mol. The zero-order valence-electron chi connectivity index (χ0n) is 15.8. The van der Waals surface area contributed by atoms with Gasteiger partial charge in [0.05, 0.1) is 11.6 Å². The molecule has 26 heavy (non-hydrogen) atoms. The van der Waals surface area contributed by atoms with Crippen LogP contribution in [-0.4, -0.2) is 42.5 Å². The minimum atomic E-state index is 0.147. The third-order valence-corrected chi connectivity index (χ3v) is 5.45. The fourth-order valence-electron chi connectivity index (χ4n) is 4.03. The molecule has 3 rings (SSSR count). The number of nitrogens with zero attached hydrogens (tertiary/aromatic N) is 2. The Hall–Kier alpha value is -2.32. The summed E-state index contributed by atoms with van der Waals surface area (Å²) in [6.45, 7) is 4.97. The van der Waals surface area contributed by atoms with Crippen molar-refractivity contribution in [1.29, 1.82) is 5.26 Å². The third kappa shape index (κ3) is 4.44. The number of piperidine rings is 1. The molecule has 1 saturated heterocycles. The van der Waals surface area contributed by atoms with Crippen LogP contribution in [0.2, 0.25) is 0 Å². The molecule has 1 aromatic heterocycles. The Labute approximate surface area is 155 Å². The largest absolute Gasteiger partial charge is 0.358 e. The van der Waals surface area contributed by atoms with Crippen molar-refractivity contribution in [2.45, 2.75) is 39.0 Å². The predicted molar refractivity (Wildman–Crippen MR) is 104 cm³/mol. The fourth-order valence-corrected chi connectivity index (χ4v) is 4.03. The summed E-state index contributed by atoms with van der Waals surface area (Å²) in [5.74, 6) is 0.799. The number of benzene rings is 1. The number of nitriles is 1. The highest BCUT2D eigenvalue weighted by molar-refractivity contribution is 5.86. The van der Waals surface area contributed by atoms with Gasteiger partial charge >= 0.3 is 0 Å². The van der Waals surface area contributed by atoms with Gasteiger partial charge in [-0.15, -0.1) is 0 Å². The first-order valence-electron chi connectivity index (χ1n) is 9.53. The summed E-state index contributed by atoms with van der Waals surface area (Å²) >= 11 is 0. The number of aromatic amines is 1. The van der Waals surface area contributed by atoms with Gasteiger partial charge in [0.15, 0.2) is 0 Å². The van der Waals surface area contributed by atoms with Crippen molar-refractivity contribution in [2.75, 3.05) is 26.7 Å². The van der Waals surface area contributed by atoms with Gasteiger partial charge < -0.3 is 15.2 Å². The molecule has 0 aliphatic carbocycles. The molecule has 1 aliphatic rings. The molecule has 0 bridgehead atoms. The lowest BCUT2D eigenvalue weighted by atomic mass is 9.93. The number of carbonyl (C=O) groups is 1. The summed E-state index contributed by atoms with van der Waals surface area (Å²) in [4.78, 5) is 17.9. The number of hydrogen-bond acceptors (Lipinski definition) is 3. The highest BCUT2D eigenvalue weighted by atomic mass is 16.1. The van der Waals surface area contributed by atoms with Gasteiger partial charge in [0, 0.05) is 36.1 Å². The lowest BCUT2D eigenvalue weighted by Crippen LogP contribution is -2.33. The minimum Gasteiger partial charge on any atom is -0.358 e. The molecule has 5 heteroatoms. The molecular formula is C21H28N4O. The number of aryl methyl sites for hydroxylation is 1. The van der Waals surface area contributed by atoms with Crippen molar-refractivity contribution in [1.82, 2.24) is 15.2 Å². The Kier molecular flexibility index (Phi) is 5.95. The van der Waals surface area contributed by atoms with Gasteiger partial charge in [-0.25, -0.2) is 0 Å². The van der Waals surface area contributed by atoms with Crippen LogP contribution in [0.5, 0.6) is 0 Å². The monoisotopic (exact) mass is 352 g/mol. The molecule has 138 valence electrons. The average Bonchev–Trinajstić information content (AvgIpc) is 2.95. The van der Waals surface area contributed by atoms with Crippen LogP contribution in [-0.2, 0) is 11.2 Å². The van der Waals surface area contributed by atoms with Crippen LogP contribution in [0.4, 0.5) is 0 Å². The van der Waals surface area contributed by atoms with Gasteiger partial charge in [-0.1, -0.05) is 0 Å². The first kappa shape index (κ1) is 18.5. The molecule has 0 radical (unpaired) electrons. The van der Waals surface area contributed by atoms with Crippen LogP contribution in [0.3, 0.4) is 0 Å². The summed E-state index contributed by atoms with van der Waals surface area (Å²) in [6, 6.07) is 7.89. The quantitative estimate of drug-likeness (QED) is 0.839. The van der Waals surface area contributed by atoms with Gasteiger partial charge in [0.2, 0.25) is 5.91 Å². The smallest absolute Gasteiger partial charge is 0.220 e. The van der Waals surface area contributed by atoms with Gasteiger partial charge in [-0.05, 0) is 75.9 Å². The Bertz CT molecular complexity index is 817. The number of carbonyl (C=O) groups excluding carboxylic acids is 1. The summed E-state index contributed by atoms with van der Waals surface area (Å²) in [5, 5.41) is 13.3. The highest BCUT2D eigenvalue weighted by Gasteiger charge is 2.18. The number of aromatic nitrogens is 1. The van der Waals surface area contributed by atoms with Gasteiger partial charge in [0.25, 0.3) is 0 Å². The number of hydrogen-bond donors (Lipinski definition) is 2. The van der Waals surface area contributed by atoms with Crippen LogP contribution in [0.1, 0.15) is 42.5 Å². The van der Waals surface area contributed by atoms with E-state index in [1.54, 1.807) is 0 Å². The fraction of sp³-hybridized carbons (Fsp3) is 0.524. The number of fused-ring (bicyclic) bond motifs is 1. The molecule has 5 nitrogen and oxygen atoms in total. The molecule has 1 amide bonds. The van der Waals surface area contributed by atoms with Crippen molar-refractivity contribution in [2.24, 2.45) is 5.92 Å². The Morgan fingerprint density at radius 2 is 2.31 bits per heavy atom. The van der Waals surface area contributed by atoms with E-state index in [1.807, 2.05) is 25.1 Å². The van der Waals surface area contributed by atoms with E-state index in [2.05, 4.69) is 28.3 Å². The van der Waals surface area contributed by atoms with E-state index in [1.165, 1.54) is 24.9 Å². The zero-order chi connectivity index (χ0) is 18.5. The zero-order valence-corrected chi connectivity index (χ0v) is 15.8. The summed E-state index contributed by atoms with van der Waals surface area (Å²) in [5.41, 5.74) is 4.00. The maximum atomic E-state index is 12.2. The van der Waals surface area contributed by atoms with Crippen LogP contribution in [0, 0.1) is 24.2 Å². The molecule has 1 atom stereocenters. The maximum absolute atomic E-state index is 12.2. The first-order chi connectivity index (χ1) is 12.6. The Morgan fingerprint density at radius 3 is 3.08 bits per heavy atom. The first-order valence-corrected chi connectivity index (χ1v) is 9.53.